The zero-order valence-electron chi connectivity index (χ0n) is 6.80. The van der Waals surface area contributed by atoms with Crippen LogP contribution in [0.5, 0.6) is 0 Å². The van der Waals surface area contributed by atoms with Crippen LogP contribution in [0.3, 0.4) is 0 Å². The largest absolute Gasteiger partial charge is 0.354 e. The Morgan fingerprint density at radius 2 is 1.79 bits per heavy atom. The SMILES string of the molecule is Clc1ccc(-c2onc(Cl)c2I)cc1. The lowest BCUT2D eigenvalue weighted by atomic mass is 10.2. The van der Waals surface area contributed by atoms with E-state index >= 15 is 0 Å². The average molecular weight is 340 g/mol. The third-order valence-electron chi connectivity index (χ3n) is 1.70. The summed E-state index contributed by atoms with van der Waals surface area (Å²) in [7, 11) is 0. The Labute approximate surface area is 104 Å². The molecule has 2 rings (SSSR count). The first-order valence-electron chi connectivity index (χ1n) is 3.75. The van der Waals surface area contributed by atoms with E-state index in [1.807, 2.05) is 12.1 Å². The van der Waals surface area contributed by atoms with E-state index in [1.165, 1.54) is 0 Å². The summed E-state index contributed by atoms with van der Waals surface area (Å²) >= 11 is 13.6. The molecule has 0 saturated carbocycles. The van der Waals surface area contributed by atoms with Gasteiger partial charge in [-0.15, -0.1) is 0 Å². The van der Waals surface area contributed by atoms with Gasteiger partial charge < -0.3 is 4.52 Å². The molecule has 2 aromatic rings. The summed E-state index contributed by atoms with van der Waals surface area (Å²) in [6.07, 6.45) is 0. The lowest BCUT2D eigenvalue weighted by molar-refractivity contribution is 0.432. The fourth-order valence-electron chi connectivity index (χ4n) is 1.04. The lowest BCUT2D eigenvalue weighted by Crippen LogP contribution is -1.76. The van der Waals surface area contributed by atoms with E-state index in [2.05, 4.69) is 27.7 Å². The molecule has 1 heterocycles. The molecule has 1 aromatic heterocycles. The van der Waals surface area contributed by atoms with Crippen LogP contribution in [-0.2, 0) is 0 Å². The first kappa shape index (κ1) is 10.3. The number of rotatable bonds is 1. The highest BCUT2D eigenvalue weighted by molar-refractivity contribution is 14.1. The Morgan fingerprint density at radius 3 is 2.29 bits per heavy atom. The van der Waals surface area contributed by atoms with Crippen LogP contribution < -0.4 is 0 Å². The third kappa shape index (κ3) is 1.89. The number of hydrogen-bond acceptors (Lipinski definition) is 2. The molecule has 1 aromatic carbocycles. The van der Waals surface area contributed by atoms with Gasteiger partial charge in [-0.3, -0.25) is 0 Å². The summed E-state index contributed by atoms with van der Waals surface area (Å²) in [5.41, 5.74) is 0.915. The minimum Gasteiger partial charge on any atom is -0.354 e. The van der Waals surface area contributed by atoms with Gasteiger partial charge in [-0.05, 0) is 46.9 Å². The highest BCUT2D eigenvalue weighted by Crippen LogP contribution is 2.30. The molecule has 0 fully saturated rings. The fourth-order valence-corrected chi connectivity index (χ4v) is 1.79. The summed E-state index contributed by atoms with van der Waals surface area (Å²) < 4.78 is 5.90. The lowest BCUT2D eigenvalue weighted by Gasteiger charge is -1.95. The Hall–Kier alpha value is -0.260. The van der Waals surface area contributed by atoms with Gasteiger partial charge in [0.05, 0.1) is 3.57 Å². The van der Waals surface area contributed by atoms with Crippen molar-refractivity contribution in [1.29, 1.82) is 0 Å². The molecule has 14 heavy (non-hydrogen) atoms. The van der Waals surface area contributed by atoms with E-state index in [0.29, 0.717) is 15.9 Å². The molecule has 0 N–H and O–H groups in total. The molecule has 0 atom stereocenters. The second-order valence-electron chi connectivity index (χ2n) is 2.62. The zero-order chi connectivity index (χ0) is 10.1. The van der Waals surface area contributed by atoms with Gasteiger partial charge in [0.1, 0.15) is 0 Å². The molecule has 0 aliphatic carbocycles. The Morgan fingerprint density at radius 1 is 1.14 bits per heavy atom. The monoisotopic (exact) mass is 339 g/mol. The molecule has 0 aliphatic heterocycles. The molecular weight excluding hydrogens is 336 g/mol. The molecule has 0 spiro atoms. The molecular formula is C9H4Cl2INO. The van der Waals surface area contributed by atoms with Crippen LogP contribution >= 0.6 is 45.8 Å². The second kappa shape index (κ2) is 4.08. The molecule has 0 amide bonds. The molecule has 0 saturated heterocycles. The van der Waals surface area contributed by atoms with Crippen molar-refractivity contribution in [2.45, 2.75) is 0 Å². The van der Waals surface area contributed by atoms with E-state index in [4.69, 9.17) is 27.7 Å². The van der Waals surface area contributed by atoms with Gasteiger partial charge in [-0.25, -0.2) is 0 Å². The number of aromatic nitrogens is 1. The van der Waals surface area contributed by atoms with Crippen molar-refractivity contribution in [3.8, 4) is 11.3 Å². The quantitative estimate of drug-likeness (QED) is 0.726. The van der Waals surface area contributed by atoms with Crippen LogP contribution in [-0.4, -0.2) is 5.16 Å². The molecule has 72 valence electrons. The molecule has 0 bridgehead atoms. The van der Waals surface area contributed by atoms with Gasteiger partial charge >= 0.3 is 0 Å². The average Bonchev–Trinajstić information content (AvgIpc) is 2.50. The highest BCUT2D eigenvalue weighted by Gasteiger charge is 2.12. The Balaban J connectivity index is 2.49. The van der Waals surface area contributed by atoms with Crippen LogP contribution in [0.15, 0.2) is 28.8 Å². The van der Waals surface area contributed by atoms with E-state index in [-0.39, 0.29) is 0 Å². The maximum absolute atomic E-state index is 5.77. The fraction of sp³-hybridized carbons (Fsp3) is 0. The number of nitrogens with zero attached hydrogens (tertiary/aromatic N) is 1. The highest BCUT2D eigenvalue weighted by atomic mass is 127. The van der Waals surface area contributed by atoms with Gasteiger partial charge in [-0.1, -0.05) is 28.4 Å². The summed E-state index contributed by atoms with van der Waals surface area (Å²) in [5.74, 6) is 0.673. The minimum absolute atomic E-state index is 0.385. The van der Waals surface area contributed by atoms with Crippen LogP contribution in [0.2, 0.25) is 10.2 Å². The van der Waals surface area contributed by atoms with Crippen molar-refractivity contribution in [1.82, 2.24) is 5.16 Å². The standard InChI is InChI=1S/C9H4Cl2INO/c10-6-3-1-5(2-4-6)8-7(12)9(11)13-14-8/h1-4H. The van der Waals surface area contributed by atoms with Crippen molar-refractivity contribution in [3.05, 3.63) is 38.0 Å². The maximum Gasteiger partial charge on any atom is 0.186 e. The number of benzene rings is 1. The van der Waals surface area contributed by atoms with Gasteiger partial charge in [0, 0.05) is 10.6 Å². The van der Waals surface area contributed by atoms with Crippen LogP contribution in [0, 0.1) is 3.57 Å². The van der Waals surface area contributed by atoms with Gasteiger partial charge in [0.15, 0.2) is 10.9 Å². The van der Waals surface area contributed by atoms with Crippen LogP contribution in [0.1, 0.15) is 0 Å². The summed E-state index contributed by atoms with van der Waals surface area (Å²) in [5, 5.41) is 4.74. The van der Waals surface area contributed by atoms with E-state index in [1.54, 1.807) is 12.1 Å². The van der Waals surface area contributed by atoms with E-state index in [0.717, 1.165) is 9.13 Å². The maximum atomic E-state index is 5.77. The number of hydrogen-bond donors (Lipinski definition) is 0. The predicted molar refractivity (Wildman–Crippen MR) is 64.7 cm³/mol. The normalized spacial score (nSPS) is 10.5. The molecule has 0 radical (unpaired) electrons. The van der Waals surface area contributed by atoms with Gasteiger partial charge in [0.25, 0.3) is 0 Å². The van der Waals surface area contributed by atoms with Crippen molar-refractivity contribution >= 4 is 45.8 Å². The Kier molecular flexibility index (Phi) is 2.99. The summed E-state index contributed by atoms with van der Waals surface area (Å²) in [6, 6.07) is 7.31. The minimum atomic E-state index is 0.385. The molecule has 0 aliphatic rings. The molecule has 2 nitrogen and oxygen atoms in total. The third-order valence-corrected chi connectivity index (χ3v) is 3.53. The zero-order valence-corrected chi connectivity index (χ0v) is 10.5. The first-order valence-corrected chi connectivity index (χ1v) is 5.58. The topological polar surface area (TPSA) is 26.0 Å². The summed E-state index contributed by atoms with van der Waals surface area (Å²) in [6.45, 7) is 0. The van der Waals surface area contributed by atoms with Crippen LogP contribution in [0.25, 0.3) is 11.3 Å². The van der Waals surface area contributed by atoms with Gasteiger partial charge in [-0.2, -0.15) is 0 Å². The van der Waals surface area contributed by atoms with Crippen molar-refractivity contribution in [2.75, 3.05) is 0 Å². The van der Waals surface area contributed by atoms with E-state index < -0.39 is 0 Å². The van der Waals surface area contributed by atoms with Crippen LogP contribution in [0.4, 0.5) is 0 Å². The molecule has 0 unspecified atom stereocenters. The first-order chi connectivity index (χ1) is 6.68. The van der Waals surface area contributed by atoms with Crippen molar-refractivity contribution in [3.63, 3.8) is 0 Å². The number of halogens is 3. The molecule has 5 heteroatoms. The second-order valence-corrected chi connectivity index (χ2v) is 4.50. The van der Waals surface area contributed by atoms with Crippen molar-refractivity contribution < 1.29 is 4.52 Å². The smallest absolute Gasteiger partial charge is 0.186 e. The Bertz CT molecular complexity index is 452. The van der Waals surface area contributed by atoms with Crippen molar-refractivity contribution in [2.24, 2.45) is 0 Å². The summed E-state index contributed by atoms with van der Waals surface area (Å²) in [4.78, 5) is 0. The predicted octanol–water partition coefficient (Wildman–Crippen LogP) is 4.25. The van der Waals surface area contributed by atoms with Gasteiger partial charge in [0.2, 0.25) is 0 Å². The van der Waals surface area contributed by atoms with E-state index in [9.17, 15) is 0 Å².